The van der Waals surface area contributed by atoms with Gasteiger partial charge in [0.2, 0.25) is 11.8 Å². The first-order chi connectivity index (χ1) is 7.18. The fourth-order valence-corrected chi connectivity index (χ4v) is 2.17. The van der Waals surface area contributed by atoms with E-state index in [1.165, 1.54) is 0 Å². The largest absolute Gasteiger partial charge is 0.345 e. The maximum absolute atomic E-state index is 12.0. The number of nitrogens with zero attached hydrogens (tertiary/aromatic N) is 2. The summed E-state index contributed by atoms with van der Waals surface area (Å²) < 4.78 is 0. The molecule has 1 N–H and O–H groups in total. The minimum absolute atomic E-state index is 0.0866. The Kier molecular flexibility index (Phi) is 2.90. The maximum atomic E-state index is 12.0. The van der Waals surface area contributed by atoms with E-state index in [2.05, 4.69) is 5.32 Å². The molecule has 2 fully saturated rings. The molecule has 0 radical (unpaired) electrons. The Labute approximate surface area is 89.4 Å². The fraction of sp³-hybridized carbons (Fsp3) is 0.800. The lowest BCUT2D eigenvalue weighted by Gasteiger charge is -2.29. The summed E-state index contributed by atoms with van der Waals surface area (Å²) in [6.07, 6.45) is 0.388. The first-order valence-corrected chi connectivity index (χ1v) is 5.42. The number of likely N-dealkylation sites (tertiary alicyclic amines) is 1. The highest BCUT2D eigenvalue weighted by atomic mass is 16.2. The van der Waals surface area contributed by atoms with Gasteiger partial charge in [0.05, 0.1) is 5.92 Å². The summed E-state index contributed by atoms with van der Waals surface area (Å²) in [5.74, 6) is 0.123. The molecule has 2 rings (SSSR count). The monoisotopic (exact) mass is 211 g/mol. The summed E-state index contributed by atoms with van der Waals surface area (Å²) in [6, 6.07) is 0. The Morgan fingerprint density at radius 2 is 2.07 bits per heavy atom. The molecule has 1 atom stereocenters. The van der Waals surface area contributed by atoms with Crippen LogP contribution >= 0.6 is 0 Å². The number of hydrogen-bond acceptors (Lipinski definition) is 3. The van der Waals surface area contributed by atoms with E-state index >= 15 is 0 Å². The van der Waals surface area contributed by atoms with E-state index in [1.54, 1.807) is 11.9 Å². The van der Waals surface area contributed by atoms with Crippen LogP contribution in [0.1, 0.15) is 6.42 Å². The molecule has 2 saturated heterocycles. The Morgan fingerprint density at radius 1 is 1.40 bits per heavy atom. The van der Waals surface area contributed by atoms with Crippen molar-refractivity contribution in [3.63, 3.8) is 0 Å². The standard InChI is InChI=1S/C10H17N3O2/c1-12-7-8(6-9(12)14)10(15)13-4-2-11-3-5-13/h8,11H,2-7H2,1H3/t8-/m1/s1. The van der Waals surface area contributed by atoms with Gasteiger partial charge in [-0.1, -0.05) is 0 Å². The Morgan fingerprint density at radius 3 is 2.60 bits per heavy atom. The highest BCUT2D eigenvalue weighted by molar-refractivity contribution is 5.89. The van der Waals surface area contributed by atoms with Gasteiger partial charge in [-0.25, -0.2) is 0 Å². The summed E-state index contributed by atoms with van der Waals surface area (Å²) >= 11 is 0. The van der Waals surface area contributed by atoms with Crippen LogP contribution in [0.4, 0.5) is 0 Å². The third-order valence-corrected chi connectivity index (χ3v) is 3.12. The first-order valence-electron chi connectivity index (χ1n) is 5.42. The van der Waals surface area contributed by atoms with Crippen LogP contribution in [0.15, 0.2) is 0 Å². The smallest absolute Gasteiger partial charge is 0.228 e. The van der Waals surface area contributed by atoms with Crippen LogP contribution in [0.2, 0.25) is 0 Å². The summed E-state index contributed by atoms with van der Waals surface area (Å²) in [5, 5.41) is 3.21. The quantitative estimate of drug-likeness (QED) is 0.599. The molecule has 5 heteroatoms. The molecule has 0 spiro atoms. The molecule has 0 aromatic carbocycles. The molecule has 0 saturated carbocycles. The fourth-order valence-electron chi connectivity index (χ4n) is 2.17. The number of rotatable bonds is 1. The number of amides is 2. The highest BCUT2D eigenvalue weighted by Crippen LogP contribution is 2.18. The van der Waals surface area contributed by atoms with Crippen LogP contribution in [0, 0.1) is 5.92 Å². The summed E-state index contributed by atoms with van der Waals surface area (Å²) in [7, 11) is 1.76. The molecule has 0 bridgehead atoms. The van der Waals surface area contributed by atoms with E-state index in [-0.39, 0.29) is 17.7 Å². The topological polar surface area (TPSA) is 52.7 Å². The van der Waals surface area contributed by atoms with Gasteiger partial charge in [-0.3, -0.25) is 9.59 Å². The minimum Gasteiger partial charge on any atom is -0.345 e. The molecule has 0 aromatic rings. The molecule has 5 nitrogen and oxygen atoms in total. The number of nitrogens with one attached hydrogen (secondary N) is 1. The zero-order valence-corrected chi connectivity index (χ0v) is 9.03. The Balaban J connectivity index is 1.93. The van der Waals surface area contributed by atoms with Crippen LogP contribution in [-0.4, -0.2) is 61.4 Å². The van der Waals surface area contributed by atoms with Crippen LogP contribution in [-0.2, 0) is 9.59 Å². The van der Waals surface area contributed by atoms with Crippen LogP contribution in [0.25, 0.3) is 0 Å². The molecule has 0 aliphatic carbocycles. The van der Waals surface area contributed by atoms with Gasteiger partial charge in [-0.15, -0.1) is 0 Å². The van der Waals surface area contributed by atoms with Crippen LogP contribution in [0.3, 0.4) is 0 Å². The van der Waals surface area contributed by atoms with E-state index in [0.717, 1.165) is 26.2 Å². The first kappa shape index (κ1) is 10.4. The lowest BCUT2D eigenvalue weighted by Crippen LogP contribution is -2.48. The van der Waals surface area contributed by atoms with Crippen molar-refractivity contribution in [2.24, 2.45) is 5.92 Å². The van der Waals surface area contributed by atoms with Crippen molar-refractivity contribution in [1.29, 1.82) is 0 Å². The van der Waals surface area contributed by atoms with Gasteiger partial charge < -0.3 is 15.1 Å². The lowest BCUT2D eigenvalue weighted by molar-refractivity contribution is -0.136. The van der Waals surface area contributed by atoms with Crippen molar-refractivity contribution in [2.45, 2.75) is 6.42 Å². The molecule has 0 aromatic heterocycles. The summed E-state index contributed by atoms with van der Waals surface area (Å²) in [6.45, 7) is 3.85. The van der Waals surface area contributed by atoms with Gasteiger partial charge in [0.25, 0.3) is 0 Å². The molecule has 2 heterocycles. The summed E-state index contributed by atoms with van der Waals surface area (Å²) in [4.78, 5) is 26.8. The molecular formula is C10H17N3O2. The van der Waals surface area contributed by atoms with Gasteiger partial charge in [0, 0.05) is 46.2 Å². The van der Waals surface area contributed by atoms with E-state index in [9.17, 15) is 9.59 Å². The average Bonchev–Trinajstić information content (AvgIpc) is 2.59. The second-order valence-corrected chi connectivity index (χ2v) is 4.25. The van der Waals surface area contributed by atoms with Crippen molar-refractivity contribution in [1.82, 2.24) is 15.1 Å². The van der Waals surface area contributed by atoms with E-state index in [1.807, 2.05) is 4.90 Å². The average molecular weight is 211 g/mol. The van der Waals surface area contributed by atoms with Gasteiger partial charge in [-0.2, -0.15) is 0 Å². The third kappa shape index (κ3) is 2.12. The van der Waals surface area contributed by atoms with Crippen LogP contribution < -0.4 is 5.32 Å². The number of carbonyl (C=O) groups excluding carboxylic acids is 2. The van der Waals surface area contributed by atoms with Gasteiger partial charge in [0.1, 0.15) is 0 Å². The summed E-state index contributed by atoms with van der Waals surface area (Å²) in [5.41, 5.74) is 0. The van der Waals surface area contributed by atoms with Crippen molar-refractivity contribution in [3.05, 3.63) is 0 Å². The van der Waals surface area contributed by atoms with E-state index in [0.29, 0.717) is 13.0 Å². The van der Waals surface area contributed by atoms with Crippen molar-refractivity contribution >= 4 is 11.8 Å². The number of carbonyl (C=O) groups is 2. The van der Waals surface area contributed by atoms with Crippen molar-refractivity contribution < 1.29 is 9.59 Å². The van der Waals surface area contributed by atoms with Gasteiger partial charge in [0.15, 0.2) is 0 Å². The van der Waals surface area contributed by atoms with Gasteiger partial charge >= 0.3 is 0 Å². The van der Waals surface area contributed by atoms with Crippen molar-refractivity contribution in [3.8, 4) is 0 Å². The molecular weight excluding hydrogens is 194 g/mol. The third-order valence-electron chi connectivity index (χ3n) is 3.12. The maximum Gasteiger partial charge on any atom is 0.228 e. The Bertz CT molecular complexity index is 274. The minimum atomic E-state index is -0.111. The normalized spacial score (nSPS) is 27.3. The van der Waals surface area contributed by atoms with Crippen LogP contribution in [0.5, 0.6) is 0 Å². The molecule has 2 aliphatic rings. The Hall–Kier alpha value is -1.10. The molecule has 0 unspecified atom stereocenters. The van der Waals surface area contributed by atoms with E-state index < -0.39 is 0 Å². The molecule has 84 valence electrons. The van der Waals surface area contributed by atoms with Gasteiger partial charge in [-0.05, 0) is 0 Å². The predicted molar refractivity (Wildman–Crippen MR) is 55.2 cm³/mol. The molecule has 2 aliphatic heterocycles. The van der Waals surface area contributed by atoms with E-state index in [4.69, 9.17) is 0 Å². The number of piperazine rings is 1. The molecule has 2 amide bonds. The zero-order valence-electron chi connectivity index (χ0n) is 9.03. The molecule has 15 heavy (non-hydrogen) atoms. The SMILES string of the molecule is CN1C[C@H](C(=O)N2CCNCC2)CC1=O. The number of hydrogen-bond donors (Lipinski definition) is 1. The highest BCUT2D eigenvalue weighted by Gasteiger charge is 2.34. The second kappa shape index (κ2) is 4.18. The second-order valence-electron chi connectivity index (χ2n) is 4.25. The zero-order chi connectivity index (χ0) is 10.8. The predicted octanol–water partition coefficient (Wildman–Crippen LogP) is -1.10. The lowest BCUT2D eigenvalue weighted by atomic mass is 10.1. The van der Waals surface area contributed by atoms with Crippen molar-refractivity contribution in [2.75, 3.05) is 39.8 Å².